The standard InChI is InChI=1S/C21H25ClN2O4/c1-4-11-24(14-20(25)23-17-8-6-16(22)7-9-17)21(26)13-15-5-10-18(27-2)19(12-15)28-3/h5-10,12H,4,11,13-14H2,1-3H3,(H,23,25). The zero-order valence-corrected chi connectivity index (χ0v) is 17.1. The Labute approximate surface area is 170 Å². The Morgan fingerprint density at radius 1 is 1.04 bits per heavy atom. The molecule has 0 saturated heterocycles. The van der Waals surface area contributed by atoms with Crippen LogP contribution >= 0.6 is 11.6 Å². The average molecular weight is 405 g/mol. The van der Waals surface area contributed by atoms with E-state index < -0.39 is 0 Å². The van der Waals surface area contributed by atoms with Crippen molar-refractivity contribution in [1.29, 1.82) is 0 Å². The number of nitrogens with zero attached hydrogens (tertiary/aromatic N) is 1. The summed E-state index contributed by atoms with van der Waals surface area (Å²) in [6.07, 6.45) is 0.931. The van der Waals surface area contributed by atoms with Crippen LogP contribution < -0.4 is 14.8 Å². The molecule has 0 radical (unpaired) electrons. The SMILES string of the molecule is CCCN(CC(=O)Nc1ccc(Cl)cc1)C(=O)Cc1ccc(OC)c(OC)c1. The molecule has 0 spiro atoms. The maximum atomic E-state index is 12.7. The first-order valence-electron chi connectivity index (χ1n) is 9.01. The Balaban J connectivity index is 2.02. The summed E-state index contributed by atoms with van der Waals surface area (Å²) in [4.78, 5) is 26.7. The summed E-state index contributed by atoms with van der Waals surface area (Å²) < 4.78 is 10.5. The molecule has 28 heavy (non-hydrogen) atoms. The number of anilines is 1. The molecule has 0 aromatic heterocycles. The van der Waals surface area contributed by atoms with E-state index in [2.05, 4.69) is 5.32 Å². The minimum absolute atomic E-state index is 0.0113. The van der Waals surface area contributed by atoms with Crippen LogP contribution in [0.2, 0.25) is 5.02 Å². The van der Waals surface area contributed by atoms with Crippen LogP contribution in [0.25, 0.3) is 0 Å². The second kappa shape index (κ2) is 10.6. The van der Waals surface area contributed by atoms with E-state index >= 15 is 0 Å². The Hall–Kier alpha value is -2.73. The maximum Gasteiger partial charge on any atom is 0.243 e. The number of halogens is 1. The molecule has 0 unspecified atom stereocenters. The van der Waals surface area contributed by atoms with Gasteiger partial charge in [0, 0.05) is 17.3 Å². The molecule has 150 valence electrons. The number of rotatable bonds is 9. The summed E-state index contributed by atoms with van der Waals surface area (Å²) in [6, 6.07) is 12.2. The zero-order chi connectivity index (χ0) is 20.5. The number of carbonyl (C=O) groups is 2. The lowest BCUT2D eigenvalue weighted by Gasteiger charge is -2.22. The van der Waals surface area contributed by atoms with Crippen LogP contribution in [-0.2, 0) is 16.0 Å². The van der Waals surface area contributed by atoms with Gasteiger partial charge in [0.2, 0.25) is 11.8 Å². The summed E-state index contributed by atoms with van der Waals surface area (Å²) in [5.41, 5.74) is 1.43. The molecular weight excluding hydrogens is 380 g/mol. The van der Waals surface area contributed by atoms with Gasteiger partial charge in [0.25, 0.3) is 0 Å². The van der Waals surface area contributed by atoms with Crippen LogP contribution in [0.4, 0.5) is 5.69 Å². The zero-order valence-electron chi connectivity index (χ0n) is 16.3. The fourth-order valence-corrected chi connectivity index (χ4v) is 2.87. The minimum Gasteiger partial charge on any atom is -0.493 e. The number of hydrogen-bond acceptors (Lipinski definition) is 4. The molecule has 1 N–H and O–H groups in total. The fourth-order valence-electron chi connectivity index (χ4n) is 2.75. The van der Waals surface area contributed by atoms with E-state index in [1.165, 1.54) is 0 Å². The van der Waals surface area contributed by atoms with Crippen LogP contribution in [0, 0.1) is 0 Å². The van der Waals surface area contributed by atoms with E-state index in [-0.39, 0.29) is 24.8 Å². The molecule has 7 heteroatoms. The summed E-state index contributed by atoms with van der Waals surface area (Å²) in [5, 5.41) is 3.38. The smallest absolute Gasteiger partial charge is 0.243 e. The lowest BCUT2D eigenvalue weighted by atomic mass is 10.1. The molecule has 2 aromatic carbocycles. The van der Waals surface area contributed by atoms with Gasteiger partial charge in [-0.25, -0.2) is 0 Å². The molecule has 0 fully saturated rings. The van der Waals surface area contributed by atoms with Crippen molar-refractivity contribution >= 4 is 29.1 Å². The highest BCUT2D eigenvalue weighted by molar-refractivity contribution is 6.30. The predicted molar refractivity (Wildman–Crippen MR) is 110 cm³/mol. The normalized spacial score (nSPS) is 10.3. The van der Waals surface area contributed by atoms with Gasteiger partial charge in [-0.15, -0.1) is 0 Å². The van der Waals surface area contributed by atoms with Crippen molar-refractivity contribution in [3.63, 3.8) is 0 Å². The Morgan fingerprint density at radius 2 is 1.71 bits per heavy atom. The van der Waals surface area contributed by atoms with Gasteiger partial charge in [0.1, 0.15) is 0 Å². The Kier molecular flexibility index (Phi) is 8.14. The summed E-state index contributed by atoms with van der Waals surface area (Å²) in [6.45, 7) is 2.45. The first-order chi connectivity index (χ1) is 13.5. The van der Waals surface area contributed by atoms with Crippen molar-refractivity contribution in [3.05, 3.63) is 53.1 Å². The number of nitrogens with one attached hydrogen (secondary N) is 1. The second-order valence-electron chi connectivity index (χ2n) is 6.24. The summed E-state index contributed by atoms with van der Waals surface area (Å²) in [5.74, 6) is 0.790. The van der Waals surface area contributed by atoms with Crippen LogP contribution in [0.5, 0.6) is 11.5 Å². The topological polar surface area (TPSA) is 67.9 Å². The molecule has 0 aliphatic rings. The van der Waals surface area contributed by atoms with Gasteiger partial charge in [-0.2, -0.15) is 0 Å². The van der Waals surface area contributed by atoms with E-state index in [9.17, 15) is 9.59 Å². The summed E-state index contributed by atoms with van der Waals surface area (Å²) >= 11 is 5.85. The number of hydrogen-bond donors (Lipinski definition) is 1. The molecule has 0 heterocycles. The third kappa shape index (κ3) is 6.16. The fraction of sp³-hybridized carbons (Fsp3) is 0.333. The molecule has 2 aromatic rings. The van der Waals surface area contributed by atoms with Gasteiger partial charge in [0.05, 0.1) is 27.2 Å². The molecule has 0 aliphatic heterocycles. The minimum atomic E-state index is -0.253. The number of amides is 2. The first-order valence-corrected chi connectivity index (χ1v) is 9.38. The highest BCUT2D eigenvalue weighted by atomic mass is 35.5. The van der Waals surface area contributed by atoms with Crippen LogP contribution in [0.15, 0.2) is 42.5 Å². The van der Waals surface area contributed by atoms with Gasteiger partial charge in [0.15, 0.2) is 11.5 Å². The lowest BCUT2D eigenvalue weighted by Crippen LogP contribution is -2.39. The largest absolute Gasteiger partial charge is 0.493 e. The van der Waals surface area contributed by atoms with Crippen molar-refractivity contribution in [2.75, 3.05) is 32.6 Å². The third-order valence-corrected chi connectivity index (χ3v) is 4.36. The Bertz CT molecular complexity index is 809. The second-order valence-corrected chi connectivity index (χ2v) is 6.67. The molecular formula is C21H25ClN2O4. The van der Waals surface area contributed by atoms with Gasteiger partial charge in [-0.05, 0) is 48.4 Å². The number of carbonyl (C=O) groups excluding carboxylic acids is 2. The van der Waals surface area contributed by atoms with Crippen molar-refractivity contribution in [2.45, 2.75) is 19.8 Å². The number of benzene rings is 2. The van der Waals surface area contributed by atoms with Crippen molar-refractivity contribution < 1.29 is 19.1 Å². The summed E-state index contributed by atoms with van der Waals surface area (Å²) in [7, 11) is 3.11. The monoisotopic (exact) mass is 404 g/mol. The molecule has 0 aliphatic carbocycles. The molecule has 0 atom stereocenters. The molecule has 2 rings (SSSR count). The molecule has 2 amide bonds. The van der Waals surface area contributed by atoms with Gasteiger partial charge < -0.3 is 19.7 Å². The predicted octanol–water partition coefficient (Wildman–Crippen LogP) is 3.78. The average Bonchev–Trinajstić information content (AvgIpc) is 2.69. The first kappa shape index (κ1) is 21.6. The van der Waals surface area contributed by atoms with Gasteiger partial charge in [-0.3, -0.25) is 9.59 Å². The third-order valence-electron chi connectivity index (χ3n) is 4.11. The van der Waals surface area contributed by atoms with Crippen molar-refractivity contribution in [1.82, 2.24) is 4.90 Å². The highest BCUT2D eigenvalue weighted by Crippen LogP contribution is 2.27. The van der Waals surface area contributed by atoms with E-state index in [1.54, 1.807) is 55.5 Å². The van der Waals surface area contributed by atoms with E-state index in [1.807, 2.05) is 13.0 Å². The highest BCUT2D eigenvalue weighted by Gasteiger charge is 2.18. The van der Waals surface area contributed by atoms with E-state index in [0.717, 1.165) is 12.0 Å². The number of methoxy groups -OCH3 is 2. The van der Waals surface area contributed by atoms with E-state index in [4.69, 9.17) is 21.1 Å². The van der Waals surface area contributed by atoms with Crippen molar-refractivity contribution in [3.8, 4) is 11.5 Å². The van der Waals surface area contributed by atoms with Crippen LogP contribution in [-0.4, -0.2) is 44.0 Å². The van der Waals surface area contributed by atoms with Gasteiger partial charge in [-0.1, -0.05) is 24.6 Å². The number of ether oxygens (including phenoxy) is 2. The molecule has 0 bridgehead atoms. The van der Waals surface area contributed by atoms with Gasteiger partial charge >= 0.3 is 0 Å². The lowest BCUT2D eigenvalue weighted by molar-refractivity contribution is -0.134. The van der Waals surface area contributed by atoms with Crippen LogP contribution in [0.1, 0.15) is 18.9 Å². The van der Waals surface area contributed by atoms with Crippen LogP contribution in [0.3, 0.4) is 0 Å². The maximum absolute atomic E-state index is 12.7. The molecule has 6 nitrogen and oxygen atoms in total. The van der Waals surface area contributed by atoms with Crippen molar-refractivity contribution in [2.24, 2.45) is 0 Å². The van der Waals surface area contributed by atoms with E-state index in [0.29, 0.717) is 28.8 Å². The molecule has 0 saturated carbocycles. The quantitative estimate of drug-likeness (QED) is 0.690. The Morgan fingerprint density at radius 3 is 2.32 bits per heavy atom.